The maximum absolute atomic E-state index is 12.6. The van der Waals surface area contributed by atoms with Gasteiger partial charge in [0.1, 0.15) is 0 Å². The molecular formula is C22H20N2O5. The number of hydrogen-bond donors (Lipinski definition) is 2. The maximum atomic E-state index is 12.6. The summed E-state index contributed by atoms with van der Waals surface area (Å²) >= 11 is 0. The summed E-state index contributed by atoms with van der Waals surface area (Å²) in [5, 5.41) is 5.40. The van der Waals surface area contributed by atoms with Crippen LogP contribution in [0.5, 0.6) is 0 Å². The van der Waals surface area contributed by atoms with Gasteiger partial charge in [-0.15, -0.1) is 0 Å². The summed E-state index contributed by atoms with van der Waals surface area (Å²) in [6.07, 6.45) is 1.37. The Morgan fingerprint density at radius 1 is 0.966 bits per heavy atom. The molecule has 0 saturated heterocycles. The molecule has 0 radical (unpaired) electrons. The number of carbonyl (C=O) groups excluding carboxylic acids is 3. The van der Waals surface area contributed by atoms with E-state index in [0.29, 0.717) is 16.9 Å². The highest BCUT2D eigenvalue weighted by molar-refractivity contribution is 6.10. The first-order valence-electron chi connectivity index (χ1n) is 8.92. The number of benzene rings is 2. The van der Waals surface area contributed by atoms with E-state index < -0.39 is 18.5 Å². The lowest BCUT2D eigenvalue weighted by molar-refractivity contribution is -0.119. The van der Waals surface area contributed by atoms with Crippen molar-refractivity contribution >= 4 is 29.2 Å². The number of hydrogen-bond acceptors (Lipinski definition) is 5. The highest BCUT2D eigenvalue weighted by atomic mass is 16.5. The van der Waals surface area contributed by atoms with E-state index in [-0.39, 0.29) is 17.2 Å². The van der Waals surface area contributed by atoms with Gasteiger partial charge in [-0.2, -0.15) is 0 Å². The van der Waals surface area contributed by atoms with E-state index in [9.17, 15) is 14.4 Å². The van der Waals surface area contributed by atoms with Crippen LogP contribution in [0.4, 0.5) is 11.4 Å². The van der Waals surface area contributed by atoms with Crippen LogP contribution in [0.3, 0.4) is 0 Å². The average molecular weight is 392 g/mol. The van der Waals surface area contributed by atoms with Gasteiger partial charge >= 0.3 is 5.97 Å². The molecule has 29 heavy (non-hydrogen) atoms. The standard InChI is InChI=1S/C22H20N2O5/c1-14-6-5-7-16(12-14)23-21(26)17-8-3-4-9-18(17)24-19(25)13-29-22(27)20-15(2)10-11-28-20/h3-12H,13H2,1-2H3,(H,23,26)(H,24,25). The fraction of sp³-hybridized carbons (Fsp3) is 0.136. The number of furan rings is 1. The zero-order valence-electron chi connectivity index (χ0n) is 16.0. The van der Waals surface area contributed by atoms with Crippen molar-refractivity contribution < 1.29 is 23.5 Å². The van der Waals surface area contributed by atoms with E-state index in [0.717, 1.165) is 5.56 Å². The smallest absolute Gasteiger partial charge is 0.375 e. The topological polar surface area (TPSA) is 97.6 Å². The van der Waals surface area contributed by atoms with Crippen LogP contribution in [-0.4, -0.2) is 24.4 Å². The molecule has 3 rings (SSSR count). The predicted molar refractivity (Wildman–Crippen MR) is 108 cm³/mol. The van der Waals surface area contributed by atoms with Crippen molar-refractivity contribution in [2.24, 2.45) is 0 Å². The summed E-state index contributed by atoms with van der Waals surface area (Å²) in [7, 11) is 0. The number of aryl methyl sites for hydroxylation is 2. The number of para-hydroxylation sites is 1. The summed E-state index contributed by atoms with van der Waals surface area (Å²) in [6.45, 7) is 3.12. The molecule has 0 aliphatic rings. The number of nitrogens with one attached hydrogen (secondary N) is 2. The first kappa shape index (κ1) is 19.9. The van der Waals surface area contributed by atoms with Crippen molar-refractivity contribution in [2.45, 2.75) is 13.8 Å². The molecule has 3 aromatic rings. The largest absolute Gasteiger partial charge is 0.457 e. The summed E-state index contributed by atoms with van der Waals surface area (Å²) < 4.78 is 10.00. The number of amides is 2. The average Bonchev–Trinajstić information content (AvgIpc) is 3.12. The van der Waals surface area contributed by atoms with Crippen molar-refractivity contribution in [2.75, 3.05) is 17.2 Å². The number of esters is 1. The molecule has 2 aromatic carbocycles. The molecule has 1 aromatic heterocycles. The van der Waals surface area contributed by atoms with Gasteiger partial charge in [0.25, 0.3) is 11.8 Å². The number of carbonyl (C=O) groups is 3. The second-order valence-electron chi connectivity index (χ2n) is 6.43. The van der Waals surface area contributed by atoms with Crippen LogP contribution in [-0.2, 0) is 9.53 Å². The van der Waals surface area contributed by atoms with E-state index >= 15 is 0 Å². The first-order chi connectivity index (χ1) is 13.9. The van der Waals surface area contributed by atoms with E-state index in [1.54, 1.807) is 43.3 Å². The van der Waals surface area contributed by atoms with Gasteiger partial charge in [0.05, 0.1) is 17.5 Å². The zero-order valence-corrected chi connectivity index (χ0v) is 16.0. The summed E-state index contributed by atoms with van der Waals surface area (Å²) in [5.74, 6) is -1.61. The molecule has 0 fully saturated rings. The molecule has 0 saturated carbocycles. The van der Waals surface area contributed by atoms with Crippen LogP contribution >= 0.6 is 0 Å². The van der Waals surface area contributed by atoms with Gasteiger partial charge in [-0.05, 0) is 49.7 Å². The minimum Gasteiger partial charge on any atom is -0.457 e. The quantitative estimate of drug-likeness (QED) is 0.619. The molecule has 1 heterocycles. The van der Waals surface area contributed by atoms with E-state index in [1.807, 2.05) is 25.1 Å². The van der Waals surface area contributed by atoms with Gasteiger partial charge in [-0.1, -0.05) is 24.3 Å². The lowest BCUT2D eigenvalue weighted by Crippen LogP contribution is -2.23. The Labute approximate surface area is 167 Å². The number of ether oxygens (including phenoxy) is 1. The first-order valence-corrected chi connectivity index (χ1v) is 8.92. The third-order valence-corrected chi connectivity index (χ3v) is 4.10. The van der Waals surface area contributed by atoms with Crippen LogP contribution in [0, 0.1) is 13.8 Å². The third kappa shape index (κ3) is 5.10. The van der Waals surface area contributed by atoms with Crippen molar-refractivity contribution in [3.8, 4) is 0 Å². The Hall–Kier alpha value is -3.87. The Morgan fingerprint density at radius 2 is 1.76 bits per heavy atom. The Bertz CT molecular complexity index is 1050. The van der Waals surface area contributed by atoms with Gasteiger partial charge in [0, 0.05) is 11.3 Å². The number of anilines is 2. The summed E-state index contributed by atoms with van der Waals surface area (Å²) in [6, 6.07) is 15.6. The molecule has 2 amide bonds. The Morgan fingerprint density at radius 3 is 2.48 bits per heavy atom. The normalized spacial score (nSPS) is 10.3. The molecule has 0 spiro atoms. The van der Waals surface area contributed by atoms with Crippen LogP contribution in [0.1, 0.15) is 32.0 Å². The molecule has 0 aliphatic heterocycles. The zero-order chi connectivity index (χ0) is 20.8. The predicted octanol–water partition coefficient (Wildman–Crippen LogP) is 3.94. The molecule has 7 nitrogen and oxygen atoms in total. The SMILES string of the molecule is Cc1cccc(NC(=O)c2ccccc2NC(=O)COC(=O)c2occc2C)c1. The fourth-order valence-electron chi connectivity index (χ4n) is 2.68. The Balaban J connectivity index is 1.64. The minimum absolute atomic E-state index is 0.0516. The number of rotatable bonds is 6. The van der Waals surface area contributed by atoms with Crippen molar-refractivity contribution in [1.82, 2.24) is 0 Å². The lowest BCUT2D eigenvalue weighted by Gasteiger charge is -2.12. The highest BCUT2D eigenvalue weighted by Gasteiger charge is 2.17. The minimum atomic E-state index is -0.729. The van der Waals surface area contributed by atoms with E-state index in [1.165, 1.54) is 6.26 Å². The van der Waals surface area contributed by atoms with Crippen molar-refractivity contribution in [3.05, 3.63) is 83.3 Å². The third-order valence-electron chi connectivity index (χ3n) is 4.10. The second-order valence-corrected chi connectivity index (χ2v) is 6.43. The van der Waals surface area contributed by atoms with Crippen molar-refractivity contribution in [1.29, 1.82) is 0 Å². The van der Waals surface area contributed by atoms with Crippen LogP contribution in [0.15, 0.2) is 65.3 Å². The molecule has 0 bridgehead atoms. The molecule has 0 unspecified atom stereocenters. The second kappa shape index (κ2) is 8.88. The molecule has 2 N–H and O–H groups in total. The Kier molecular flexibility index (Phi) is 6.09. The highest BCUT2D eigenvalue weighted by Crippen LogP contribution is 2.18. The summed E-state index contributed by atoms with van der Waals surface area (Å²) in [4.78, 5) is 36.8. The maximum Gasteiger partial charge on any atom is 0.375 e. The molecule has 7 heteroatoms. The van der Waals surface area contributed by atoms with Gasteiger partial charge < -0.3 is 19.8 Å². The van der Waals surface area contributed by atoms with E-state index in [2.05, 4.69) is 10.6 Å². The van der Waals surface area contributed by atoms with Gasteiger partial charge in [-0.3, -0.25) is 9.59 Å². The van der Waals surface area contributed by atoms with Crippen LogP contribution < -0.4 is 10.6 Å². The lowest BCUT2D eigenvalue weighted by atomic mass is 10.1. The molecule has 0 atom stereocenters. The fourth-order valence-corrected chi connectivity index (χ4v) is 2.68. The monoisotopic (exact) mass is 392 g/mol. The molecular weight excluding hydrogens is 372 g/mol. The van der Waals surface area contributed by atoms with E-state index in [4.69, 9.17) is 9.15 Å². The van der Waals surface area contributed by atoms with Gasteiger partial charge in [-0.25, -0.2) is 4.79 Å². The van der Waals surface area contributed by atoms with Crippen LogP contribution in [0.2, 0.25) is 0 Å². The summed E-state index contributed by atoms with van der Waals surface area (Å²) in [5.41, 5.74) is 2.88. The van der Waals surface area contributed by atoms with Gasteiger partial charge in [0.15, 0.2) is 6.61 Å². The van der Waals surface area contributed by atoms with Crippen LogP contribution in [0.25, 0.3) is 0 Å². The van der Waals surface area contributed by atoms with Crippen molar-refractivity contribution in [3.63, 3.8) is 0 Å². The van der Waals surface area contributed by atoms with Gasteiger partial charge in [0.2, 0.25) is 5.76 Å². The molecule has 148 valence electrons. The molecule has 0 aliphatic carbocycles.